The van der Waals surface area contributed by atoms with Gasteiger partial charge in [-0.05, 0) is 52.7 Å². The molecule has 1 atom stereocenters. The average molecular weight is 508 g/mol. The first-order valence-corrected chi connectivity index (χ1v) is 13.2. The Bertz CT molecular complexity index is 1760. The minimum Gasteiger partial charge on any atom is -0.272 e. The molecule has 37 heavy (non-hydrogen) atoms. The molecular weight excluding hydrogens is 482 g/mol. The second-order valence-corrected chi connectivity index (χ2v) is 10.8. The van der Waals surface area contributed by atoms with Crippen molar-refractivity contribution < 1.29 is 4.92 Å². The van der Waals surface area contributed by atoms with Crippen LogP contribution in [-0.4, -0.2) is 9.49 Å². The molecule has 0 bridgehead atoms. The van der Waals surface area contributed by atoms with Crippen LogP contribution in [0.5, 0.6) is 0 Å². The second-order valence-electron chi connectivity index (χ2n) is 9.79. The van der Waals surface area contributed by atoms with E-state index in [0.717, 1.165) is 40.8 Å². The highest BCUT2D eigenvalue weighted by atomic mass is 32.1. The van der Waals surface area contributed by atoms with Gasteiger partial charge in [-0.25, -0.2) is 4.99 Å². The summed E-state index contributed by atoms with van der Waals surface area (Å²) in [6.45, 7) is 4.31. The number of benzene rings is 3. The standard InChI is InChI=1S/C30H25N3O3S/c1-18(2)20-12-10-19(11-13-20)16-26-29(34)32-28(22-7-5-8-23(17-22)33(35)36)25-15-14-21-6-3-4-9-24(21)27(25)31-30(32)37-26/h3-13,16-18,28H,14-15H2,1-2H3/b26-16+/t28-/m1/s1. The van der Waals surface area contributed by atoms with Crippen LogP contribution in [0, 0.1) is 10.1 Å². The van der Waals surface area contributed by atoms with E-state index in [1.165, 1.54) is 28.5 Å². The van der Waals surface area contributed by atoms with E-state index in [4.69, 9.17) is 4.99 Å². The van der Waals surface area contributed by atoms with Crippen LogP contribution in [0.3, 0.4) is 0 Å². The number of hydrogen-bond acceptors (Lipinski definition) is 5. The Morgan fingerprint density at radius 2 is 1.84 bits per heavy atom. The summed E-state index contributed by atoms with van der Waals surface area (Å²) in [7, 11) is 0. The van der Waals surface area contributed by atoms with Gasteiger partial charge in [0.25, 0.3) is 11.2 Å². The van der Waals surface area contributed by atoms with Crippen LogP contribution in [0.1, 0.15) is 60.0 Å². The molecule has 0 spiro atoms. The van der Waals surface area contributed by atoms with Gasteiger partial charge in [0.2, 0.25) is 0 Å². The molecule has 2 heterocycles. The number of nitro benzene ring substituents is 1. The van der Waals surface area contributed by atoms with E-state index in [9.17, 15) is 14.9 Å². The molecule has 7 heteroatoms. The van der Waals surface area contributed by atoms with Crippen molar-refractivity contribution in [3.8, 4) is 0 Å². The van der Waals surface area contributed by atoms with E-state index < -0.39 is 6.04 Å². The maximum absolute atomic E-state index is 13.8. The summed E-state index contributed by atoms with van der Waals surface area (Å²) in [6.07, 6.45) is 3.49. The number of nitrogens with zero attached hydrogens (tertiary/aromatic N) is 3. The molecule has 2 aliphatic rings. The maximum Gasteiger partial charge on any atom is 0.271 e. The fourth-order valence-electron chi connectivity index (χ4n) is 5.26. The topological polar surface area (TPSA) is 77.5 Å². The predicted molar refractivity (Wildman–Crippen MR) is 146 cm³/mol. The molecule has 4 aromatic rings. The normalized spacial score (nSPS) is 16.7. The van der Waals surface area contributed by atoms with Crippen molar-refractivity contribution in [3.05, 3.63) is 136 Å². The van der Waals surface area contributed by atoms with Gasteiger partial charge in [0.15, 0.2) is 4.80 Å². The van der Waals surface area contributed by atoms with Crippen LogP contribution < -0.4 is 14.9 Å². The lowest BCUT2D eigenvalue weighted by atomic mass is 9.83. The molecule has 3 aromatic carbocycles. The minimum absolute atomic E-state index is 0.0141. The van der Waals surface area contributed by atoms with Gasteiger partial charge in [0.1, 0.15) is 0 Å². The van der Waals surface area contributed by atoms with Crippen LogP contribution in [0.25, 0.3) is 11.8 Å². The van der Waals surface area contributed by atoms with Gasteiger partial charge in [0, 0.05) is 17.7 Å². The van der Waals surface area contributed by atoms with Crippen molar-refractivity contribution >= 4 is 28.8 Å². The summed E-state index contributed by atoms with van der Waals surface area (Å²) in [4.78, 5) is 30.6. The Morgan fingerprint density at radius 1 is 1.05 bits per heavy atom. The number of fused-ring (bicyclic) bond motifs is 3. The molecule has 0 amide bonds. The number of aryl methyl sites for hydroxylation is 1. The number of hydrogen-bond donors (Lipinski definition) is 0. The number of aromatic nitrogens is 1. The van der Waals surface area contributed by atoms with Crippen LogP contribution in [0.4, 0.5) is 5.69 Å². The van der Waals surface area contributed by atoms with Crippen molar-refractivity contribution in [2.24, 2.45) is 4.99 Å². The van der Waals surface area contributed by atoms with Gasteiger partial charge in [-0.15, -0.1) is 0 Å². The monoisotopic (exact) mass is 507 g/mol. The molecule has 0 saturated carbocycles. The molecule has 1 aliphatic carbocycles. The van der Waals surface area contributed by atoms with Crippen LogP contribution in [-0.2, 0) is 6.42 Å². The molecular formula is C30H25N3O3S. The Hall–Kier alpha value is -4.10. The Kier molecular flexibility index (Phi) is 5.72. The van der Waals surface area contributed by atoms with Crippen molar-refractivity contribution in [1.29, 1.82) is 0 Å². The zero-order chi connectivity index (χ0) is 25.7. The lowest BCUT2D eigenvalue weighted by molar-refractivity contribution is -0.384. The van der Waals surface area contributed by atoms with Crippen molar-refractivity contribution in [1.82, 2.24) is 4.57 Å². The fourth-order valence-corrected chi connectivity index (χ4v) is 6.26. The fraction of sp³-hybridized carbons (Fsp3) is 0.200. The summed E-state index contributed by atoms with van der Waals surface area (Å²) in [5, 5.41) is 11.6. The highest BCUT2D eigenvalue weighted by Crippen LogP contribution is 2.41. The first kappa shape index (κ1) is 23.3. The van der Waals surface area contributed by atoms with Crippen LogP contribution in [0.2, 0.25) is 0 Å². The SMILES string of the molecule is CC(C)c1ccc(/C=c2/sc3n(c2=O)[C@H](c2cccc([N+](=O)[O-])c2)C2=C(N=3)c3ccccc3CC2)cc1. The molecule has 0 saturated heterocycles. The third-order valence-corrected chi connectivity index (χ3v) is 8.15. The lowest BCUT2D eigenvalue weighted by Crippen LogP contribution is -2.38. The molecule has 0 fully saturated rings. The number of allylic oxidation sites excluding steroid dienone is 1. The first-order chi connectivity index (χ1) is 17.9. The van der Waals surface area contributed by atoms with Crippen LogP contribution in [0.15, 0.2) is 88.2 Å². The smallest absolute Gasteiger partial charge is 0.271 e. The van der Waals surface area contributed by atoms with Gasteiger partial charge in [-0.3, -0.25) is 19.5 Å². The Balaban J connectivity index is 1.58. The van der Waals surface area contributed by atoms with E-state index in [1.54, 1.807) is 16.7 Å². The number of rotatable bonds is 4. The van der Waals surface area contributed by atoms with Crippen molar-refractivity contribution in [2.45, 2.75) is 38.6 Å². The molecule has 184 valence electrons. The second kappa shape index (κ2) is 9.09. The summed E-state index contributed by atoms with van der Waals surface area (Å²) in [6, 6.07) is 22.7. The van der Waals surface area contributed by atoms with E-state index >= 15 is 0 Å². The molecule has 6 rings (SSSR count). The largest absolute Gasteiger partial charge is 0.272 e. The first-order valence-electron chi connectivity index (χ1n) is 12.4. The van der Waals surface area contributed by atoms with Gasteiger partial charge in [-0.2, -0.15) is 0 Å². The lowest BCUT2D eigenvalue weighted by Gasteiger charge is -2.30. The molecule has 0 radical (unpaired) electrons. The summed E-state index contributed by atoms with van der Waals surface area (Å²) in [5.74, 6) is 0.434. The molecule has 0 N–H and O–H groups in total. The van der Waals surface area contributed by atoms with Gasteiger partial charge in [-0.1, -0.05) is 85.8 Å². The molecule has 0 unspecified atom stereocenters. The Labute approximate surface area is 217 Å². The Morgan fingerprint density at radius 3 is 2.59 bits per heavy atom. The number of nitro groups is 1. The zero-order valence-electron chi connectivity index (χ0n) is 20.5. The van der Waals surface area contributed by atoms with Gasteiger partial charge >= 0.3 is 0 Å². The van der Waals surface area contributed by atoms with Gasteiger partial charge in [0.05, 0.1) is 21.2 Å². The third kappa shape index (κ3) is 4.05. The number of thiazole rings is 1. The highest BCUT2D eigenvalue weighted by Gasteiger charge is 2.33. The number of non-ortho nitro benzene ring substituents is 1. The van der Waals surface area contributed by atoms with Gasteiger partial charge < -0.3 is 0 Å². The zero-order valence-corrected chi connectivity index (χ0v) is 21.4. The van der Waals surface area contributed by atoms with E-state index in [0.29, 0.717) is 15.3 Å². The minimum atomic E-state index is -0.440. The van der Waals surface area contributed by atoms with Crippen LogP contribution >= 0.6 is 11.3 Å². The highest BCUT2D eigenvalue weighted by molar-refractivity contribution is 7.07. The van der Waals surface area contributed by atoms with E-state index in [2.05, 4.69) is 38.1 Å². The molecule has 1 aliphatic heterocycles. The predicted octanol–water partition coefficient (Wildman–Crippen LogP) is 5.35. The average Bonchev–Trinajstić information content (AvgIpc) is 3.22. The molecule has 1 aromatic heterocycles. The van der Waals surface area contributed by atoms with Crippen molar-refractivity contribution in [3.63, 3.8) is 0 Å². The summed E-state index contributed by atoms with van der Waals surface area (Å²) in [5.41, 5.74) is 7.02. The summed E-state index contributed by atoms with van der Waals surface area (Å²) < 4.78 is 2.32. The van der Waals surface area contributed by atoms with E-state index in [-0.39, 0.29) is 16.2 Å². The van der Waals surface area contributed by atoms with E-state index in [1.807, 2.05) is 36.4 Å². The third-order valence-electron chi connectivity index (χ3n) is 7.17. The maximum atomic E-state index is 13.8. The van der Waals surface area contributed by atoms with Crippen molar-refractivity contribution in [2.75, 3.05) is 0 Å². The summed E-state index contributed by atoms with van der Waals surface area (Å²) >= 11 is 1.37. The molecule has 6 nitrogen and oxygen atoms in total. The quantitative estimate of drug-likeness (QED) is 0.276.